The van der Waals surface area contributed by atoms with Crippen molar-refractivity contribution >= 4 is 46.7 Å². The molecule has 1 rings (SSSR count). The third-order valence-electron chi connectivity index (χ3n) is 2.81. The number of amides is 1. The van der Waals surface area contributed by atoms with Gasteiger partial charge in [0.2, 0.25) is 0 Å². The summed E-state index contributed by atoms with van der Waals surface area (Å²) in [5.74, 6) is -0.687. The highest BCUT2D eigenvalue weighted by Gasteiger charge is 2.20. The Bertz CT molecular complexity index is 512. The SMILES string of the molecule is Cc1ccc(C(=O)NC(C)CC(=O)OCCC(Cl)(Cl)Cl)cc1. The van der Waals surface area contributed by atoms with Crippen molar-refractivity contribution in [3.8, 4) is 0 Å². The molecule has 4 nitrogen and oxygen atoms in total. The van der Waals surface area contributed by atoms with E-state index in [9.17, 15) is 9.59 Å². The normalized spacial score (nSPS) is 12.6. The van der Waals surface area contributed by atoms with Gasteiger partial charge in [0.05, 0.1) is 13.0 Å². The number of benzene rings is 1. The molecular weight excluding hydrogens is 349 g/mol. The van der Waals surface area contributed by atoms with E-state index in [2.05, 4.69) is 5.32 Å². The fourth-order valence-corrected chi connectivity index (χ4v) is 1.88. The average Bonchev–Trinajstić information content (AvgIpc) is 2.37. The number of rotatable bonds is 6. The van der Waals surface area contributed by atoms with Crippen molar-refractivity contribution in [3.05, 3.63) is 35.4 Å². The van der Waals surface area contributed by atoms with E-state index in [1.54, 1.807) is 19.1 Å². The van der Waals surface area contributed by atoms with E-state index in [-0.39, 0.29) is 31.4 Å². The number of halogens is 3. The molecule has 1 aromatic rings. The maximum absolute atomic E-state index is 12.0. The average molecular weight is 367 g/mol. The fraction of sp³-hybridized carbons (Fsp3) is 0.467. The highest BCUT2D eigenvalue weighted by Crippen LogP contribution is 2.29. The van der Waals surface area contributed by atoms with Crippen LogP contribution in [0, 0.1) is 6.92 Å². The molecule has 1 N–H and O–H groups in total. The largest absolute Gasteiger partial charge is 0.465 e. The van der Waals surface area contributed by atoms with Crippen LogP contribution in [0.2, 0.25) is 0 Å². The van der Waals surface area contributed by atoms with Gasteiger partial charge >= 0.3 is 5.97 Å². The molecule has 0 saturated heterocycles. The van der Waals surface area contributed by atoms with Crippen molar-refractivity contribution in [2.75, 3.05) is 6.61 Å². The van der Waals surface area contributed by atoms with Crippen molar-refractivity contribution in [2.45, 2.75) is 36.5 Å². The number of hydrogen-bond acceptors (Lipinski definition) is 3. The van der Waals surface area contributed by atoms with Crippen LogP contribution >= 0.6 is 34.8 Å². The van der Waals surface area contributed by atoms with Gasteiger partial charge in [0.15, 0.2) is 3.79 Å². The number of alkyl halides is 3. The molecule has 1 aromatic carbocycles. The molecule has 0 radical (unpaired) electrons. The summed E-state index contributed by atoms with van der Waals surface area (Å²) in [6, 6.07) is 6.82. The predicted molar refractivity (Wildman–Crippen MR) is 88.6 cm³/mol. The summed E-state index contributed by atoms with van der Waals surface area (Å²) in [5.41, 5.74) is 1.61. The zero-order valence-corrected chi connectivity index (χ0v) is 14.6. The van der Waals surface area contributed by atoms with Gasteiger partial charge in [-0.05, 0) is 26.0 Å². The molecule has 0 aliphatic carbocycles. The molecule has 1 amide bonds. The molecule has 0 fully saturated rings. The second kappa shape index (κ2) is 8.61. The summed E-state index contributed by atoms with van der Waals surface area (Å²) in [4.78, 5) is 23.6. The number of carbonyl (C=O) groups excluding carboxylic acids is 2. The zero-order valence-electron chi connectivity index (χ0n) is 12.4. The summed E-state index contributed by atoms with van der Waals surface area (Å²) < 4.78 is 3.51. The van der Waals surface area contributed by atoms with Gasteiger partial charge in [0.25, 0.3) is 5.91 Å². The van der Waals surface area contributed by atoms with Crippen molar-refractivity contribution < 1.29 is 14.3 Å². The van der Waals surface area contributed by atoms with Gasteiger partial charge in [0, 0.05) is 18.0 Å². The van der Waals surface area contributed by atoms with Gasteiger partial charge < -0.3 is 10.1 Å². The van der Waals surface area contributed by atoms with E-state index in [0.717, 1.165) is 5.56 Å². The van der Waals surface area contributed by atoms with Gasteiger partial charge in [-0.1, -0.05) is 52.5 Å². The van der Waals surface area contributed by atoms with Crippen LogP contribution < -0.4 is 5.32 Å². The number of hydrogen-bond donors (Lipinski definition) is 1. The lowest BCUT2D eigenvalue weighted by Crippen LogP contribution is -2.34. The fourth-order valence-electron chi connectivity index (χ4n) is 1.65. The van der Waals surface area contributed by atoms with Crippen molar-refractivity contribution in [1.29, 1.82) is 0 Å². The molecule has 0 aromatic heterocycles. The van der Waals surface area contributed by atoms with Crippen LogP contribution in [0.15, 0.2) is 24.3 Å². The Morgan fingerprint density at radius 2 is 1.82 bits per heavy atom. The first-order valence-electron chi connectivity index (χ1n) is 6.77. The Morgan fingerprint density at radius 3 is 2.36 bits per heavy atom. The highest BCUT2D eigenvalue weighted by atomic mass is 35.6. The van der Waals surface area contributed by atoms with Crippen LogP contribution in [0.4, 0.5) is 0 Å². The quantitative estimate of drug-likeness (QED) is 0.615. The first kappa shape index (κ1) is 19.1. The zero-order chi connectivity index (χ0) is 16.8. The molecule has 0 heterocycles. The lowest BCUT2D eigenvalue weighted by molar-refractivity contribution is -0.144. The van der Waals surface area contributed by atoms with Crippen molar-refractivity contribution in [1.82, 2.24) is 5.32 Å². The van der Waals surface area contributed by atoms with Crippen LogP contribution in [-0.4, -0.2) is 28.3 Å². The Hall–Kier alpha value is -0.970. The monoisotopic (exact) mass is 365 g/mol. The van der Waals surface area contributed by atoms with E-state index in [4.69, 9.17) is 39.5 Å². The number of esters is 1. The standard InChI is InChI=1S/C15H18Cl3NO3/c1-10-3-5-12(6-4-10)14(21)19-11(2)9-13(20)22-8-7-15(16,17)18/h3-6,11H,7-9H2,1-2H3,(H,19,21). The Labute approximate surface area is 145 Å². The maximum atomic E-state index is 12.0. The minimum atomic E-state index is -1.44. The smallest absolute Gasteiger partial charge is 0.307 e. The van der Waals surface area contributed by atoms with E-state index >= 15 is 0 Å². The summed E-state index contributed by atoms with van der Waals surface area (Å²) in [6.45, 7) is 3.69. The molecular formula is C15H18Cl3NO3. The molecule has 0 aliphatic heterocycles. The van der Waals surface area contributed by atoms with Crippen molar-refractivity contribution in [3.63, 3.8) is 0 Å². The second-order valence-corrected chi connectivity index (χ2v) is 7.55. The molecule has 0 saturated carbocycles. The summed E-state index contributed by atoms with van der Waals surface area (Å²) >= 11 is 16.7. The molecule has 0 spiro atoms. The van der Waals surface area contributed by atoms with Gasteiger partial charge in [0.1, 0.15) is 0 Å². The number of nitrogens with one attached hydrogen (secondary N) is 1. The maximum Gasteiger partial charge on any atom is 0.307 e. The highest BCUT2D eigenvalue weighted by molar-refractivity contribution is 6.67. The van der Waals surface area contributed by atoms with Crippen molar-refractivity contribution in [2.24, 2.45) is 0 Å². The number of ether oxygens (including phenoxy) is 1. The first-order valence-corrected chi connectivity index (χ1v) is 7.90. The predicted octanol–water partition coefficient (Wildman–Crippen LogP) is 3.81. The van der Waals surface area contributed by atoms with Gasteiger partial charge in [-0.2, -0.15) is 0 Å². The van der Waals surface area contributed by atoms with Gasteiger partial charge in [-0.15, -0.1) is 0 Å². The van der Waals surface area contributed by atoms with Crippen LogP contribution in [-0.2, 0) is 9.53 Å². The van der Waals surface area contributed by atoms with E-state index < -0.39 is 9.76 Å². The molecule has 22 heavy (non-hydrogen) atoms. The van der Waals surface area contributed by atoms with E-state index in [1.165, 1.54) is 0 Å². The van der Waals surface area contributed by atoms with E-state index in [1.807, 2.05) is 19.1 Å². The lowest BCUT2D eigenvalue weighted by Gasteiger charge is -2.14. The van der Waals surface area contributed by atoms with Gasteiger partial charge in [-0.25, -0.2) is 0 Å². The second-order valence-electron chi connectivity index (χ2n) is 5.03. The third-order valence-corrected chi connectivity index (χ3v) is 3.38. The Morgan fingerprint density at radius 1 is 1.23 bits per heavy atom. The molecule has 1 unspecified atom stereocenters. The van der Waals surface area contributed by atoms with Crippen LogP contribution in [0.5, 0.6) is 0 Å². The summed E-state index contributed by atoms with van der Waals surface area (Å²) in [5, 5.41) is 2.74. The lowest BCUT2D eigenvalue weighted by atomic mass is 10.1. The van der Waals surface area contributed by atoms with Gasteiger partial charge in [-0.3, -0.25) is 9.59 Å². The minimum Gasteiger partial charge on any atom is -0.465 e. The first-order chi connectivity index (χ1) is 10.2. The van der Waals surface area contributed by atoms with Crippen LogP contribution in [0.1, 0.15) is 35.7 Å². The van der Waals surface area contributed by atoms with E-state index in [0.29, 0.717) is 5.56 Å². The number of aryl methyl sites for hydroxylation is 1. The number of carbonyl (C=O) groups is 2. The molecule has 0 aliphatic rings. The topological polar surface area (TPSA) is 55.4 Å². The summed E-state index contributed by atoms with van der Waals surface area (Å²) in [7, 11) is 0. The van der Waals surface area contributed by atoms with Crippen LogP contribution in [0.3, 0.4) is 0 Å². The third kappa shape index (κ3) is 7.87. The molecule has 7 heteroatoms. The molecule has 1 atom stereocenters. The Balaban J connectivity index is 2.36. The summed E-state index contributed by atoms with van der Waals surface area (Å²) in [6.07, 6.45) is 0.172. The molecule has 0 bridgehead atoms. The Kier molecular flexibility index (Phi) is 7.46. The van der Waals surface area contributed by atoms with Crippen LogP contribution in [0.25, 0.3) is 0 Å². The minimum absolute atomic E-state index is 0.0218. The molecule has 122 valence electrons.